The lowest BCUT2D eigenvalue weighted by Crippen LogP contribution is -2.34. The molecule has 1 aliphatic heterocycles. The first kappa shape index (κ1) is 18.6. The van der Waals surface area contributed by atoms with E-state index in [4.69, 9.17) is 4.74 Å². The highest BCUT2D eigenvalue weighted by atomic mass is 16.5. The molecule has 28 heavy (non-hydrogen) atoms. The smallest absolute Gasteiger partial charge is 0.252 e. The number of fused-ring (bicyclic) bond motifs is 2. The number of ether oxygens (including phenoxy) is 1. The normalized spacial score (nSPS) is 16.2. The third-order valence-corrected chi connectivity index (χ3v) is 5.54. The van der Waals surface area contributed by atoms with Crippen molar-refractivity contribution in [3.05, 3.63) is 58.7 Å². The zero-order valence-electron chi connectivity index (χ0n) is 16.6. The molecular weight excluding hydrogens is 354 g/mol. The summed E-state index contributed by atoms with van der Waals surface area (Å²) < 4.78 is 7.67. The molecule has 146 valence electrons. The minimum atomic E-state index is -0.0597. The summed E-state index contributed by atoms with van der Waals surface area (Å²) in [6.07, 6.45) is 3.43. The van der Waals surface area contributed by atoms with E-state index in [1.165, 1.54) is 17.5 Å². The Labute approximate surface area is 164 Å². The van der Waals surface area contributed by atoms with Gasteiger partial charge in [0.15, 0.2) is 0 Å². The second-order valence-corrected chi connectivity index (χ2v) is 7.32. The lowest BCUT2D eigenvalue weighted by molar-refractivity contribution is -0.132. The van der Waals surface area contributed by atoms with Gasteiger partial charge in [-0.1, -0.05) is 24.3 Å². The zero-order chi connectivity index (χ0) is 19.7. The molecule has 0 N–H and O–H groups in total. The molecule has 4 rings (SSSR count). The molecule has 0 saturated heterocycles. The summed E-state index contributed by atoms with van der Waals surface area (Å²) in [4.78, 5) is 23.2. The van der Waals surface area contributed by atoms with Crippen molar-refractivity contribution in [1.82, 2.24) is 24.5 Å². The fraction of sp³-hybridized carbons (Fsp3) is 0.429. The van der Waals surface area contributed by atoms with Crippen LogP contribution in [-0.2, 0) is 22.4 Å². The lowest BCUT2D eigenvalue weighted by atomic mass is 9.97. The molecule has 2 aromatic heterocycles. The van der Waals surface area contributed by atoms with Crippen LogP contribution in [-0.4, -0.2) is 50.6 Å². The second kappa shape index (κ2) is 7.67. The van der Waals surface area contributed by atoms with Crippen LogP contribution in [0.1, 0.15) is 40.6 Å². The van der Waals surface area contributed by atoms with E-state index in [9.17, 15) is 4.79 Å². The molecule has 0 aliphatic carbocycles. The van der Waals surface area contributed by atoms with Crippen LogP contribution in [0.25, 0.3) is 5.78 Å². The Hall–Kier alpha value is -2.80. The number of aromatic nitrogens is 4. The monoisotopic (exact) mass is 379 g/mol. The summed E-state index contributed by atoms with van der Waals surface area (Å²) in [6.45, 7) is 5.21. The molecule has 0 unspecified atom stereocenters. The van der Waals surface area contributed by atoms with Crippen LogP contribution in [0, 0.1) is 13.8 Å². The summed E-state index contributed by atoms with van der Waals surface area (Å²) in [6, 6.07) is 8.33. The number of benzene rings is 1. The van der Waals surface area contributed by atoms with Gasteiger partial charge in [-0.15, -0.1) is 0 Å². The zero-order valence-corrected chi connectivity index (χ0v) is 16.6. The van der Waals surface area contributed by atoms with Gasteiger partial charge < -0.3 is 9.64 Å². The third-order valence-electron chi connectivity index (χ3n) is 5.54. The summed E-state index contributed by atoms with van der Waals surface area (Å²) in [5.41, 5.74) is 5.45. The Morgan fingerprint density at radius 1 is 1.32 bits per heavy atom. The molecule has 0 saturated carbocycles. The van der Waals surface area contributed by atoms with E-state index in [0.29, 0.717) is 31.8 Å². The predicted molar refractivity (Wildman–Crippen MR) is 105 cm³/mol. The van der Waals surface area contributed by atoms with E-state index in [2.05, 4.69) is 33.3 Å². The van der Waals surface area contributed by atoms with Gasteiger partial charge in [0, 0.05) is 24.9 Å². The van der Waals surface area contributed by atoms with Gasteiger partial charge in [0.05, 0.1) is 13.2 Å². The highest BCUT2D eigenvalue weighted by Crippen LogP contribution is 2.27. The van der Waals surface area contributed by atoms with Gasteiger partial charge in [0.2, 0.25) is 5.91 Å². The number of amides is 1. The topological polar surface area (TPSA) is 72.6 Å². The van der Waals surface area contributed by atoms with Gasteiger partial charge in [-0.05, 0) is 43.4 Å². The van der Waals surface area contributed by atoms with Gasteiger partial charge >= 0.3 is 0 Å². The van der Waals surface area contributed by atoms with E-state index in [-0.39, 0.29) is 12.0 Å². The van der Waals surface area contributed by atoms with Crippen LogP contribution in [0.3, 0.4) is 0 Å². The first-order valence-electron chi connectivity index (χ1n) is 9.63. The van der Waals surface area contributed by atoms with Gasteiger partial charge in [-0.25, -0.2) is 9.50 Å². The Bertz CT molecular complexity index is 1010. The molecule has 1 amide bonds. The average Bonchev–Trinajstić information content (AvgIpc) is 3.16. The minimum absolute atomic E-state index is 0.0597. The summed E-state index contributed by atoms with van der Waals surface area (Å²) in [5, 5.41) is 4.21. The maximum absolute atomic E-state index is 12.8. The second-order valence-electron chi connectivity index (χ2n) is 7.32. The van der Waals surface area contributed by atoms with Gasteiger partial charge in [0.1, 0.15) is 12.4 Å². The van der Waals surface area contributed by atoms with Gasteiger partial charge in [-0.2, -0.15) is 10.1 Å². The van der Waals surface area contributed by atoms with Crippen molar-refractivity contribution in [2.75, 3.05) is 20.2 Å². The highest BCUT2D eigenvalue weighted by Gasteiger charge is 2.23. The fourth-order valence-electron chi connectivity index (χ4n) is 3.92. The number of aryl methyl sites for hydroxylation is 2. The van der Waals surface area contributed by atoms with Gasteiger partial charge in [-0.3, -0.25) is 4.79 Å². The minimum Gasteiger partial charge on any atom is -0.371 e. The predicted octanol–water partition coefficient (Wildman–Crippen LogP) is 2.45. The van der Waals surface area contributed by atoms with Gasteiger partial charge in [0.25, 0.3) is 5.78 Å². The van der Waals surface area contributed by atoms with Crippen LogP contribution >= 0.6 is 0 Å². The number of carbonyl (C=O) groups is 1. The van der Waals surface area contributed by atoms with Crippen LogP contribution in [0.5, 0.6) is 0 Å². The molecule has 3 heterocycles. The van der Waals surface area contributed by atoms with Crippen LogP contribution in [0.2, 0.25) is 0 Å². The first-order valence-corrected chi connectivity index (χ1v) is 9.63. The first-order chi connectivity index (χ1) is 13.5. The third kappa shape index (κ3) is 3.49. The molecule has 7 heteroatoms. The maximum Gasteiger partial charge on any atom is 0.252 e. The Morgan fingerprint density at radius 3 is 3.00 bits per heavy atom. The van der Waals surface area contributed by atoms with Crippen molar-refractivity contribution in [3.63, 3.8) is 0 Å². The van der Waals surface area contributed by atoms with E-state index < -0.39 is 0 Å². The lowest BCUT2D eigenvalue weighted by Gasteiger charge is -2.29. The number of nitrogens with zero attached hydrogens (tertiary/aromatic N) is 5. The molecule has 1 aromatic carbocycles. The molecule has 0 radical (unpaired) electrons. The van der Waals surface area contributed by atoms with E-state index in [1.807, 2.05) is 27.0 Å². The fourth-order valence-corrected chi connectivity index (χ4v) is 3.92. The van der Waals surface area contributed by atoms with Crippen molar-refractivity contribution >= 4 is 11.7 Å². The van der Waals surface area contributed by atoms with E-state index in [1.54, 1.807) is 9.42 Å². The van der Waals surface area contributed by atoms with Crippen LogP contribution in [0.15, 0.2) is 30.6 Å². The van der Waals surface area contributed by atoms with Crippen molar-refractivity contribution in [1.29, 1.82) is 0 Å². The Balaban J connectivity index is 1.42. The number of rotatable bonds is 5. The summed E-state index contributed by atoms with van der Waals surface area (Å²) >= 11 is 0. The number of hydrogen-bond donors (Lipinski definition) is 0. The molecule has 1 atom stereocenters. The average molecular weight is 379 g/mol. The molecule has 0 bridgehead atoms. The van der Waals surface area contributed by atoms with E-state index in [0.717, 1.165) is 23.4 Å². The standard InChI is InChI=1S/C21H25N5O2/c1-14-17(15(2)26-21(24-14)22-13-23-26)8-9-20(27)25(3)12-19-18-7-5-4-6-16(18)10-11-28-19/h4-7,13,19H,8-12H2,1-3H3/t19-/m1/s1. The molecule has 0 fully saturated rings. The summed E-state index contributed by atoms with van der Waals surface area (Å²) in [5.74, 6) is 0.694. The number of carbonyl (C=O) groups excluding carboxylic acids is 1. The number of likely N-dealkylation sites (N-methyl/N-ethyl adjacent to an activating group) is 1. The molecule has 1 aliphatic rings. The Kier molecular flexibility index (Phi) is 5.09. The van der Waals surface area contributed by atoms with Crippen LogP contribution < -0.4 is 0 Å². The van der Waals surface area contributed by atoms with Crippen molar-refractivity contribution in [2.45, 2.75) is 39.2 Å². The quantitative estimate of drug-likeness (QED) is 0.681. The van der Waals surface area contributed by atoms with Crippen LogP contribution in [0.4, 0.5) is 0 Å². The number of hydrogen-bond acceptors (Lipinski definition) is 5. The van der Waals surface area contributed by atoms with Crippen molar-refractivity contribution < 1.29 is 9.53 Å². The van der Waals surface area contributed by atoms with E-state index >= 15 is 0 Å². The molecule has 0 spiro atoms. The maximum atomic E-state index is 12.8. The largest absolute Gasteiger partial charge is 0.371 e. The van der Waals surface area contributed by atoms with Crippen molar-refractivity contribution in [3.8, 4) is 0 Å². The molecular formula is C21H25N5O2. The Morgan fingerprint density at radius 2 is 2.14 bits per heavy atom. The SMILES string of the molecule is Cc1nc2ncnn2c(C)c1CCC(=O)N(C)C[C@H]1OCCc2ccccc21. The molecule has 7 nitrogen and oxygen atoms in total. The molecule has 3 aromatic rings. The highest BCUT2D eigenvalue weighted by molar-refractivity contribution is 5.76. The summed E-state index contributed by atoms with van der Waals surface area (Å²) in [7, 11) is 1.85. The van der Waals surface area contributed by atoms with Crippen molar-refractivity contribution in [2.24, 2.45) is 0 Å².